The molecule has 0 aliphatic rings. The lowest BCUT2D eigenvalue weighted by molar-refractivity contribution is -0.0123. The van der Waals surface area contributed by atoms with Crippen molar-refractivity contribution in [3.05, 3.63) is 35.2 Å². The Morgan fingerprint density at radius 3 is 2.62 bits per heavy atom. The van der Waals surface area contributed by atoms with Crippen molar-refractivity contribution >= 4 is 21.4 Å². The number of fused-ring (bicyclic) bond motifs is 1. The zero-order valence-electron chi connectivity index (χ0n) is 10.0. The SMILES string of the molecule is CCC(O)(c1csc2ccccc12)C(C)C. The summed E-state index contributed by atoms with van der Waals surface area (Å²) in [6.45, 7) is 6.21. The first kappa shape index (κ1) is 11.6. The van der Waals surface area contributed by atoms with E-state index in [4.69, 9.17) is 0 Å². The lowest BCUT2D eigenvalue weighted by atomic mass is 9.81. The van der Waals surface area contributed by atoms with E-state index in [1.54, 1.807) is 11.3 Å². The minimum atomic E-state index is -0.695. The molecule has 1 N–H and O–H groups in total. The van der Waals surface area contributed by atoms with Crippen molar-refractivity contribution in [2.75, 3.05) is 0 Å². The smallest absolute Gasteiger partial charge is 0.0930 e. The van der Waals surface area contributed by atoms with Gasteiger partial charge in [0, 0.05) is 10.3 Å². The average molecular weight is 234 g/mol. The first-order valence-electron chi connectivity index (χ1n) is 5.78. The summed E-state index contributed by atoms with van der Waals surface area (Å²) in [7, 11) is 0. The van der Waals surface area contributed by atoms with Crippen LogP contribution in [0.4, 0.5) is 0 Å². The molecular formula is C14H18OS. The van der Waals surface area contributed by atoms with E-state index in [2.05, 4.69) is 31.4 Å². The maximum absolute atomic E-state index is 10.8. The standard InChI is InChI=1S/C14H18OS/c1-4-14(15,10(2)3)12-9-16-13-8-6-5-7-11(12)13/h5-10,15H,4H2,1-3H3. The Morgan fingerprint density at radius 2 is 2.00 bits per heavy atom. The van der Waals surface area contributed by atoms with Gasteiger partial charge >= 0.3 is 0 Å². The third kappa shape index (κ3) is 1.66. The lowest BCUT2D eigenvalue weighted by Crippen LogP contribution is -2.30. The summed E-state index contributed by atoms with van der Waals surface area (Å²) < 4.78 is 1.25. The van der Waals surface area contributed by atoms with Crippen LogP contribution in [-0.4, -0.2) is 5.11 Å². The molecule has 0 saturated heterocycles. The highest BCUT2D eigenvalue weighted by Crippen LogP contribution is 2.39. The van der Waals surface area contributed by atoms with E-state index in [0.29, 0.717) is 0 Å². The quantitative estimate of drug-likeness (QED) is 0.845. The Hall–Kier alpha value is -0.860. The molecule has 0 aliphatic carbocycles. The van der Waals surface area contributed by atoms with Gasteiger partial charge in [0.25, 0.3) is 0 Å². The van der Waals surface area contributed by atoms with Crippen LogP contribution < -0.4 is 0 Å². The molecule has 0 amide bonds. The molecule has 1 heterocycles. The van der Waals surface area contributed by atoms with Crippen LogP contribution in [0.25, 0.3) is 10.1 Å². The second-order valence-electron chi connectivity index (χ2n) is 4.58. The van der Waals surface area contributed by atoms with Gasteiger partial charge in [-0.2, -0.15) is 0 Å². The van der Waals surface area contributed by atoms with Gasteiger partial charge in [0.05, 0.1) is 5.60 Å². The Labute approximate surface area is 101 Å². The zero-order chi connectivity index (χ0) is 11.8. The Kier molecular flexibility index (Phi) is 3.04. The highest BCUT2D eigenvalue weighted by Gasteiger charge is 2.33. The van der Waals surface area contributed by atoms with Gasteiger partial charge in [-0.25, -0.2) is 0 Å². The van der Waals surface area contributed by atoms with E-state index in [9.17, 15) is 5.11 Å². The van der Waals surface area contributed by atoms with Gasteiger partial charge in [-0.3, -0.25) is 0 Å². The van der Waals surface area contributed by atoms with Crippen LogP contribution in [0.1, 0.15) is 32.8 Å². The number of hydrogen-bond donors (Lipinski definition) is 1. The molecule has 0 fully saturated rings. The van der Waals surface area contributed by atoms with Crippen LogP contribution >= 0.6 is 11.3 Å². The fraction of sp³-hybridized carbons (Fsp3) is 0.429. The Bertz CT molecular complexity index is 486. The summed E-state index contributed by atoms with van der Waals surface area (Å²) in [5.41, 5.74) is 0.394. The molecule has 0 bridgehead atoms. The van der Waals surface area contributed by atoms with Crippen LogP contribution in [0, 0.1) is 5.92 Å². The monoisotopic (exact) mass is 234 g/mol. The Balaban J connectivity index is 2.62. The van der Waals surface area contributed by atoms with Gasteiger partial charge in [-0.1, -0.05) is 39.0 Å². The molecule has 1 aromatic heterocycles. The van der Waals surface area contributed by atoms with E-state index in [1.807, 2.05) is 19.1 Å². The minimum absolute atomic E-state index is 0.232. The maximum Gasteiger partial charge on any atom is 0.0930 e. The molecule has 1 atom stereocenters. The molecule has 2 rings (SSSR count). The third-order valence-electron chi connectivity index (χ3n) is 3.44. The molecule has 0 radical (unpaired) electrons. The van der Waals surface area contributed by atoms with Crippen LogP contribution in [-0.2, 0) is 5.60 Å². The molecule has 0 aliphatic heterocycles. The van der Waals surface area contributed by atoms with Gasteiger partial charge < -0.3 is 5.11 Å². The molecule has 0 spiro atoms. The molecule has 1 aromatic carbocycles. The van der Waals surface area contributed by atoms with Crippen molar-refractivity contribution < 1.29 is 5.11 Å². The molecule has 86 valence electrons. The van der Waals surface area contributed by atoms with Crippen LogP contribution in [0.5, 0.6) is 0 Å². The first-order chi connectivity index (χ1) is 7.59. The van der Waals surface area contributed by atoms with Gasteiger partial charge in [0.2, 0.25) is 0 Å². The Morgan fingerprint density at radius 1 is 1.31 bits per heavy atom. The summed E-state index contributed by atoms with van der Waals surface area (Å²) in [6.07, 6.45) is 0.755. The molecule has 2 heteroatoms. The number of hydrogen-bond acceptors (Lipinski definition) is 2. The predicted octanol–water partition coefficient (Wildman–Crippen LogP) is 4.15. The zero-order valence-corrected chi connectivity index (χ0v) is 10.8. The van der Waals surface area contributed by atoms with Gasteiger partial charge in [0.1, 0.15) is 0 Å². The predicted molar refractivity (Wildman–Crippen MR) is 70.9 cm³/mol. The van der Waals surface area contributed by atoms with Crippen molar-refractivity contribution in [3.8, 4) is 0 Å². The summed E-state index contributed by atoms with van der Waals surface area (Å²) in [5, 5.41) is 14.1. The normalized spacial score (nSPS) is 15.6. The topological polar surface area (TPSA) is 20.2 Å². The van der Waals surface area contributed by atoms with Crippen molar-refractivity contribution in [2.45, 2.75) is 32.8 Å². The summed E-state index contributed by atoms with van der Waals surface area (Å²) in [6, 6.07) is 8.29. The van der Waals surface area contributed by atoms with E-state index >= 15 is 0 Å². The highest BCUT2D eigenvalue weighted by atomic mass is 32.1. The summed E-state index contributed by atoms with van der Waals surface area (Å²) >= 11 is 1.71. The van der Waals surface area contributed by atoms with Crippen molar-refractivity contribution in [2.24, 2.45) is 5.92 Å². The maximum atomic E-state index is 10.8. The van der Waals surface area contributed by atoms with Gasteiger partial charge in [-0.05, 0) is 29.2 Å². The van der Waals surface area contributed by atoms with Crippen LogP contribution in [0.15, 0.2) is 29.6 Å². The van der Waals surface area contributed by atoms with Gasteiger partial charge in [-0.15, -0.1) is 11.3 Å². The summed E-state index contributed by atoms with van der Waals surface area (Å²) in [5.74, 6) is 0.232. The minimum Gasteiger partial charge on any atom is -0.385 e. The third-order valence-corrected chi connectivity index (χ3v) is 4.41. The van der Waals surface area contributed by atoms with E-state index in [1.165, 1.54) is 10.1 Å². The fourth-order valence-corrected chi connectivity index (χ4v) is 3.26. The van der Waals surface area contributed by atoms with Crippen molar-refractivity contribution in [3.63, 3.8) is 0 Å². The van der Waals surface area contributed by atoms with Crippen molar-refractivity contribution in [1.82, 2.24) is 0 Å². The molecule has 2 aromatic rings. The highest BCUT2D eigenvalue weighted by molar-refractivity contribution is 7.17. The van der Waals surface area contributed by atoms with E-state index < -0.39 is 5.60 Å². The number of rotatable bonds is 3. The fourth-order valence-electron chi connectivity index (χ4n) is 2.22. The molecule has 1 nitrogen and oxygen atoms in total. The van der Waals surface area contributed by atoms with Crippen molar-refractivity contribution in [1.29, 1.82) is 0 Å². The molecular weight excluding hydrogens is 216 g/mol. The number of aliphatic hydroxyl groups is 1. The average Bonchev–Trinajstić information content (AvgIpc) is 2.72. The molecule has 16 heavy (non-hydrogen) atoms. The van der Waals surface area contributed by atoms with Gasteiger partial charge in [0.15, 0.2) is 0 Å². The number of benzene rings is 1. The largest absolute Gasteiger partial charge is 0.385 e. The summed E-state index contributed by atoms with van der Waals surface area (Å²) in [4.78, 5) is 0. The number of thiophene rings is 1. The van der Waals surface area contributed by atoms with Crippen LogP contribution in [0.3, 0.4) is 0 Å². The van der Waals surface area contributed by atoms with E-state index in [-0.39, 0.29) is 5.92 Å². The molecule has 0 saturated carbocycles. The second-order valence-corrected chi connectivity index (χ2v) is 5.49. The van der Waals surface area contributed by atoms with E-state index in [0.717, 1.165) is 12.0 Å². The first-order valence-corrected chi connectivity index (χ1v) is 6.66. The second kappa shape index (κ2) is 4.19. The van der Waals surface area contributed by atoms with Crippen LogP contribution in [0.2, 0.25) is 0 Å². The molecule has 1 unspecified atom stereocenters. The lowest BCUT2D eigenvalue weighted by Gasteiger charge is -2.31.